The fourth-order valence-corrected chi connectivity index (χ4v) is 2.59. The van der Waals surface area contributed by atoms with E-state index in [1.54, 1.807) is 7.11 Å². The van der Waals surface area contributed by atoms with E-state index in [0.717, 1.165) is 36.8 Å². The van der Waals surface area contributed by atoms with Gasteiger partial charge in [-0.1, -0.05) is 6.07 Å². The lowest BCUT2D eigenvalue weighted by molar-refractivity contribution is 0.133. The van der Waals surface area contributed by atoms with Gasteiger partial charge in [-0.3, -0.25) is 4.90 Å². The van der Waals surface area contributed by atoms with E-state index in [9.17, 15) is 0 Å². The third-order valence-electron chi connectivity index (χ3n) is 3.69. The number of pyridine rings is 1. The van der Waals surface area contributed by atoms with Crippen LogP contribution in [0.2, 0.25) is 0 Å². The molecular weight excluding hydrogens is 278 g/mol. The predicted molar refractivity (Wildman–Crippen MR) is 84.6 cm³/mol. The molecule has 0 amide bonds. The van der Waals surface area contributed by atoms with E-state index in [2.05, 4.69) is 20.4 Å². The molecular formula is C17H21N3O2. The minimum absolute atomic E-state index is 0.694. The zero-order valence-corrected chi connectivity index (χ0v) is 13.0. The molecule has 0 aliphatic heterocycles. The fraction of sp³-hybridized carbons (Fsp3) is 0.353. The second kappa shape index (κ2) is 6.77. The molecule has 5 heteroatoms. The van der Waals surface area contributed by atoms with Crippen LogP contribution in [0.5, 0.6) is 0 Å². The Morgan fingerprint density at radius 1 is 1.23 bits per heavy atom. The minimum Gasteiger partial charge on any atom is -0.465 e. The molecule has 0 saturated heterocycles. The van der Waals surface area contributed by atoms with Crippen molar-refractivity contribution in [2.75, 3.05) is 20.3 Å². The average Bonchev–Trinajstić information content (AvgIpc) is 3.14. The summed E-state index contributed by atoms with van der Waals surface area (Å²) in [5, 5.41) is 0. The zero-order chi connectivity index (χ0) is 15.4. The first-order valence-electron chi connectivity index (χ1n) is 7.44. The molecule has 3 aromatic heterocycles. The first kappa shape index (κ1) is 14.8. The van der Waals surface area contributed by atoms with Crippen molar-refractivity contribution in [3.05, 3.63) is 59.9 Å². The Labute approximate surface area is 130 Å². The molecule has 0 N–H and O–H groups in total. The molecule has 0 saturated carbocycles. The molecule has 0 aliphatic carbocycles. The largest absolute Gasteiger partial charge is 0.465 e. The molecule has 0 aliphatic rings. The van der Waals surface area contributed by atoms with Gasteiger partial charge in [0.05, 0.1) is 13.2 Å². The number of aromatic nitrogens is 2. The normalized spacial score (nSPS) is 11.6. The van der Waals surface area contributed by atoms with E-state index in [0.29, 0.717) is 6.61 Å². The van der Waals surface area contributed by atoms with E-state index in [4.69, 9.17) is 9.15 Å². The van der Waals surface area contributed by atoms with Crippen LogP contribution in [0.1, 0.15) is 17.2 Å². The van der Waals surface area contributed by atoms with Gasteiger partial charge in [-0.05, 0) is 31.2 Å². The van der Waals surface area contributed by atoms with Gasteiger partial charge in [-0.25, -0.2) is 4.98 Å². The highest BCUT2D eigenvalue weighted by Crippen LogP contribution is 2.14. The van der Waals surface area contributed by atoms with Crippen molar-refractivity contribution in [3.8, 4) is 0 Å². The van der Waals surface area contributed by atoms with Crippen molar-refractivity contribution in [1.82, 2.24) is 14.3 Å². The molecule has 116 valence electrons. The summed E-state index contributed by atoms with van der Waals surface area (Å²) in [7, 11) is 1.73. The standard InChI is InChI=1S/C17H21N3O2/c1-14-6-7-16(22-14)13-19(10-11-21-2)12-15-4-3-5-17-18-8-9-20(15)17/h3-9H,10-13H2,1-2H3. The lowest BCUT2D eigenvalue weighted by Crippen LogP contribution is -2.27. The van der Waals surface area contributed by atoms with Crippen molar-refractivity contribution >= 4 is 5.65 Å². The maximum atomic E-state index is 5.70. The smallest absolute Gasteiger partial charge is 0.136 e. The van der Waals surface area contributed by atoms with Crippen LogP contribution in [0.25, 0.3) is 5.65 Å². The van der Waals surface area contributed by atoms with Gasteiger partial charge < -0.3 is 13.6 Å². The van der Waals surface area contributed by atoms with Crippen LogP contribution in [-0.4, -0.2) is 34.5 Å². The van der Waals surface area contributed by atoms with E-state index in [1.807, 2.05) is 43.6 Å². The van der Waals surface area contributed by atoms with Gasteiger partial charge in [0.1, 0.15) is 17.2 Å². The molecule has 3 heterocycles. The average molecular weight is 299 g/mol. The van der Waals surface area contributed by atoms with Gasteiger partial charge in [0.25, 0.3) is 0 Å². The van der Waals surface area contributed by atoms with Crippen LogP contribution < -0.4 is 0 Å². The van der Waals surface area contributed by atoms with Gasteiger partial charge in [0.2, 0.25) is 0 Å². The highest BCUT2D eigenvalue weighted by Gasteiger charge is 2.11. The Morgan fingerprint density at radius 3 is 2.91 bits per heavy atom. The molecule has 3 aromatic rings. The van der Waals surface area contributed by atoms with Gasteiger partial charge in [0, 0.05) is 38.3 Å². The number of hydrogen-bond acceptors (Lipinski definition) is 4. The fourth-order valence-electron chi connectivity index (χ4n) is 2.59. The van der Waals surface area contributed by atoms with E-state index in [-0.39, 0.29) is 0 Å². The second-order valence-corrected chi connectivity index (χ2v) is 5.39. The number of nitrogens with zero attached hydrogens (tertiary/aromatic N) is 3. The van der Waals surface area contributed by atoms with E-state index in [1.165, 1.54) is 5.69 Å². The van der Waals surface area contributed by atoms with Gasteiger partial charge in [-0.2, -0.15) is 0 Å². The third kappa shape index (κ3) is 3.37. The monoisotopic (exact) mass is 299 g/mol. The topological polar surface area (TPSA) is 42.9 Å². The molecule has 5 nitrogen and oxygen atoms in total. The maximum Gasteiger partial charge on any atom is 0.136 e. The molecule has 0 bridgehead atoms. The highest BCUT2D eigenvalue weighted by molar-refractivity contribution is 5.39. The first-order valence-corrected chi connectivity index (χ1v) is 7.44. The van der Waals surface area contributed by atoms with E-state index < -0.39 is 0 Å². The Kier molecular flexibility index (Phi) is 4.56. The summed E-state index contributed by atoms with van der Waals surface area (Å²) in [6.45, 7) is 5.09. The number of hydrogen-bond donors (Lipinski definition) is 0. The molecule has 0 spiro atoms. The number of methoxy groups -OCH3 is 1. The third-order valence-corrected chi connectivity index (χ3v) is 3.69. The number of rotatable bonds is 7. The summed E-state index contributed by atoms with van der Waals surface area (Å²) in [5.74, 6) is 1.92. The predicted octanol–water partition coefficient (Wildman–Crippen LogP) is 2.88. The van der Waals surface area contributed by atoms with Crippen LogP contribution in [-0.2, 0) is 17.8 Å². The Morgan fingerprint density at radius 2 is 2.14 bits per heavy atom. The summed E-state index contributed by atoms with van der Waals surface area (Å²) in [4.78, 5) is 6.65. The van der Waals surface area contributed by atoms with Crippen LogP contribution in [0.3, 0.4) is 0 Å². The maximum absolute atomic E-state index is 5.70. The lowest BCUT2D eigenvalue weighted by Gasteiger charge is -2.21. The Hall–Kier alpha value is -2.11. The minimum atomic E-state index is 0.694. The number of fused-ring (bicyclic) bond motifs is 1. The number of aryl methyl sites for hydroxylation is 1. The Balaban J connectivity index is 1.78. The van der Waals surface area contributed by atoms with Crippen molar-refractivity contribution in [2.24, 2.45) is 0 Å². The number of ether oxygens (including phenoxy) is 1. The molecule has 3 rings (SSSR count). The molecule has 0 radical (unpaired) electrons. The molecule has 0 fully saturated rings. The lowest BCUT2D eigenvalue weighted by atomic mass is 10.3. The van der Waals surface area contributed by atoms with Crippen molar-refractivity contribution in [2.45, 2.75) is 20.0 Å². The molecule has 0 atom stereocenters. The van der Waals surface area contributed by atoms with Crippen LogP contribution in [0, 0.1) is 6.92 Å². The van der Waals surface area contributed by atoms with Crippen molar-refractivity contribution in [1.29, 1.82) is 0 Å². The summed E-state index contributed by atoms with van der Waals surface area (Å²) < 4.78 is 13.1. The zero-order valence-electron chi connectivity index (χ0n) is 13.0. The molecule has 22 heavy (non-hydrogen) atoms. The summed E-state index contributed by atoms with van der Waals surface area (Å²) in [5.41, 5.74) is 2.17. The molecule has 0 aromatic carbocycles. The summed E-state index contributed by atoms with van der Waals surface area (Å²) >= 11 is 0. The van der Waals surface area contributed by atoms with Crippen LogP contribution >= 0.6 is 0 Å². The first-order chi connectivity index (χ1) is 10.8. The van der Waals surface area contributed by atoms with Crippen molar-refractivity contribution in [3.63, 3.8) is 0 Å². The quantitative estimate of drug-likeness (QED) is 0.673. The number of imidazole rings is 1. The molecule has 0 unspecified atom stereocenters. The SMILES string of the molecule is COCCN(Cc1ccc(C)o1)Cc1cccc2nccn12. The van der Waals surface area contributed by atoms with E-state index >= 15 is 0 Å². The second-order valence-electron chi connectivity index (χ2n) is 5.39. The van der Waals surface area contributed by atoms with Crippen LogP contribution in [0.15, 0.2) is 47.1 Å². The highest BCUT2D eigenvalue weighted by atomic mass is 16.5. The van der Waals surface area contributed by atoms with Crippen LogP contribution in [0.4, 0.5) is 0 Å². The summed E-state index contributed by atoms with van der Waals surface area (Å²) in [6, 6.07) is 10.2. The van der Waals surface area contributed by atoms with Gasteiger partial charge >= 0.3 is 0 Å². The van der Waals surface area contributed by atoms with Gasteiger partial charge in [-0.15, -0.1) is 0 Å². The van der Waals surface area contributed by atoms with Gasteiger partial charge in [0.15, 0.2) is 0 Å². The number of furan rings is 1. The summed E-state index contributed by atoms with van der Waals surface area (Å²) in [6.07, 6.45) is 3.82. The van der Waals surface area contributed by atoms with Crippen molar-refractivity contribution < 1.29 is 9.15 Å². The Bertz CT molecular complexity index is 732.